The molecule has 6 nitrogen and oxygen atoms in total. The van der Waals surface area contributed by atoms with Gasteiger partial charge in [-0.05, 0) is 42.0 Å². The number of carbonyl (C=O) groups excluding carboxylic acids is 2. The predicted molar refractivity (Wildman–Crippen MR) is 104 cm³/mol. The predicted octanol–water partition coefficient (Wildman–Crippen LogP) is 3.77. The first-order valence-corrected chi connectivity index (χ1v) is 8.63. The highest BCUT2D eigenvalue weighted by Crippen LogP contribution is 2.18. The maximum absolute atomic E-state index is 11.9. The minimum Gasteiger partial charge on any atom is -0.507 e. The molecule has 3 aromatic rings. The Hall–Kier alpha value is -3.80. The highest BCUT2D eigenvalue weighted by Gasteiger charge is 2.13. The van der Waals surface area contributed by atoms with E-state index in [-0.39, 0.29) is 11.3 Å². The van der Waals surface area contributed by atoms with Crippen LogP contribution in [0.2, 0.25) is 0 Å². The minimum absolute atomic E-state index is 0.00946. The highest BCUT2D eigenvalue weighted by molar-refractivity contribution is 5.96. The molecule has 28 heavy (non-hydrogen) atoms. The Kier molecular flexibility index (Phi) is 6.25. The molecule has 0 aliphatic heterocycles. The molecule has 0 aromatic heterocycles. The van der Waals surface area contributed by atoms with Gasteiger partial charge in [-0.25, -0.2) is 4.79 Å². The van der Waals surface area contributed by atoms with E-state index < -0.39 is 18.5 Å². The molecule has 0 radical (unpaired) electrons. The quantitative estimate of drug-likeness (QED) is 0.612. The molecule has 2 N–H and O–H groups in total. The molecule has 1 amide bonds. The summed E-state index contributed by atoms with van der Waals surface area (Å²) in [6.45, 7) is -0.00570. The van der Waals surface area contributed by atoms with Crippen molar-refractivity contribution in [1.29, 1.82) is 0 Å². The van der Waals surface area contributed by atoms with E-state index in [1.165, 1.54) is 12.1 Å². The number of rotatable bonds is 7. The van der Waals surface area contributed by atoms with Crippen molar-refractivity contribution < 1.29 is 24.2 Å². The molecule has 3 rings (SSSR count). The number of nitrogens with one attached hydrogen (secondary N) is 1. The van der Waals surface area contributed by atoms with Crippen LogP contribution in [-0.4, -0.2) is 23.6 Å². The SMILES string of the molecule is O=C(COC(=O)c1ccccc1O)Nc1ccc(OCc2ccccc2)cc1. The fraction of sp³-hybridized carbons (Fsp3) is 0.0909. The van der Waals surface area contributed by atoms with E-state index in [0.29, 0.717) is 18.0 Å². The van der Waals surface area contributed by atoms with Crippen molar-refractivity contribution >= 4 is 17.6 Å². The Balaban J connectivity index is 1.46. The average molecular weight is 377 g/mol. The Morgan fingerprint density at radius 1 is 0.857 bits per heavy atom. The number of phenolic OH excluding ortho intramolecular Hbond substituents is 1. The zero-order chi connectivity index (χ0) is 19.8. The van der Waals surface area contributed by atoms with Crippen LogP contribution in [0.1, 0.15) is 15.9 Å². The fourth-order valence-electron chi connectivity index (χ4n) is 2.43. The molecule has 0 bridgehead atoms. The molecule has 0 atom stereocenters. The van der Waals surface area contributed by atoms with Crippen molar-refractivity contribution in [2.24, 2.45) is 0 Å². The van der Waals surface area contributed by atoms with Gasteiger partial charge in [-0.15, -0.1) is 0 Å². The number of esters is 1. The zero-order valence-corrected chi connectivity index (χ0v) is 15.0. The molecule has 0 unspecified atom stereocenters. The van der Waals surface area contributed by atoms with Gasteiger partial charge in [-0.3, -0.25) is 4.79 Å². The fourth-order valence-corrected chi connectivity index (χ4v) is 2.43. The second kappa shape index (κ2) is 9.23. The van der Waals surface area contributed by atoms with Crippen LogP contribution in [0.5, 0.6) is 11.5 Å². The van der Waals surface area contributed by atoms with Gasteiger partial charge in [-0.2, -0.15) is 0 Å². The van der Waals surface area contributed by atoms with Crippen LogP contribution >= 0.6 is 0 Å². The monoisotopic (exact) mass is 377 g/mol. The Morgan fingerprint density at radius 3 is 2.25 bits per heavy atom. The molecule has 3 aromatic carbocycles. The molecule has 0 aliphatic rings. The van der Waals surface area contributed by atoms with Crippen LogP contribution in [0.3, 0.4) is 0 Å². The molecule has 0 fully saturated rings. The van der Waals surface area contributed by atoms with Crippen LogP contribution in [0, 0.1) is 0 Å². The Morgan fingerprint density at radius 2 is 1.54 bits per heavy atom. The largest absolute Gasteiger partial charge is 0.507 e. The number of amides is 1. The number of benzene rings is 3. The van der Waals surface area contributed by atoms with Crippen molar-refractivity contribution in [3.63, 3.8) is 0 Å². The molecule has 0 aliphatic carbocycles. The summed E-state index contributed by atoms with van der Waals surface area (Å²) in [5.41, 5.74) is 1.62. The van der Waals surface area contributed by atoms with Gasteiger partial charge in [0.1, 0.15) is 23.7 Å². The smallest absolute Gasteiger partial charge is 0.342 e. The molecule has 0 spiro atoms. The lowest BCUT2D eigenvalue weighted by Gasteiger charge is -2.09. The van der Waals surface area contributed by atoms with Gasteiger partial charge >= 0.3 is 5.97 Å². The average Bonchev–Trinajstić information content (AvgIpc) is 2.72. The Labute approximate surface area is 162 Å². The molecule has 142 valence electrons. The third kappa shape index (κ3) is 5.35. The number of anilines is 1. The lowest BCUT2D eigenvalue weighted by Crippen LogP contribution is -2.20. The third-order valence-electron chi connectivity index (χ3n) is 3.84. The van der Waals surface area contributed by atoms with Gasteiger partial charge in [0.2, 0.25) is 0 Å². The molecule has 6 heteroatoms. The maximum atomic E-state index is 11.9. The first-order valence-electron chi connectivity index (χ1n) is 8.63. The number of para-hydroxylation sites is 1. The van der Waals surface area contributed by atoms with E-state index in [9.17, 15) is 14.7 Å². The van der Waals surface area contributed by atoms with E-state index in [1.807, 2.05) is 30.3 Å². The van der Waals surface area contributed by atoms with Crippen LogP contribution in [0.25, 0.3) is 0 Å². The molecular formula is C22H19NO5. The van der Waals surface area contributed by atoms with Crippen LogP contribution in [0.4, 0.5) is 5.69 Å². The number of carbonyl (C=O) groups is 2. The highest BCUT2D eigenvalue weighted by atomic mass is 16.5. The summed E-state index contributed by atoms with van der Waals surface area (Å²) in [4.78, 5) is 23.8. The van der Waals surface area contributed by atoms with Gasteiger partial charge in [0.05, 0.1) is 0 Å². The van der Waals surface area contributed by atoms with Gasteiger partial charge in [0, 0.05) is 5.69 Å². The zero-order valence-electron chi connectivity index (χ0n) is 15.0. The summed E-state index contributed by atoms with van der Waals surface area (Å²) in [6, 6.07) is 22.7. The van der Waals surface area contributed by atoms with E-state index in [4.69, 9.17) is 9.47 Å². The number of hydrogen-bond acceptors (Lipinski definition) is 5. The number of phenols is 1. The standard InChI is InChI=1S/C22H19NO5/c24-20-9-5-4-8-19(20)22(26)28-15-21(25)23-17-10-12-18(13-11-17)27-14-16-6-2-1-3-7-16/h1-13,24H,14-15H2,(H,23,25). The van der Waals surface area contributed by atoms with Crippen molar-refractivity contribution in [1.82, 2.24) is 0 Å². The number of aromatic hydroxyl groups is 1. The summed E-state index contributed by atoms with van der Waals surface area (Å²) >= 11 is 0. The normalized spacial score (nSPS) is 10.1. The summed E-state index contributed by atoms with van der Waals surface area (Å²) in [7, 11) is 0. The van der Waals surface area contributed by atoms with Gasteiger partial charge in [0.25, 0.3) is 5.91 Å². The molecule has 0 saturated carbocycles. The van der Waals surface area contributed by atoms with E-state index >= 15 is 0 Å². The maximum Gasteiger partial charge on any atom is 0.342 e. The van der Waals surface area contributed by atoms with Gasteiger partial charge < -0.3 is 19.9 Å². The summed E-state index contributed by atoms with van der Waals surface area (Å²) < 4.78 is 10.6. The van der Waals surface area contributed by atoms with Gasteiger partial charge in [0.15, 0.2) is 6.61 Å². The Bertz CT molecular complexity index is 939. The summed E-state index contributed by atoms with van der Waals surface area (Å²) in [5.74, 6) is -0.772. The molecule has 0 saturated heterocycles. The van der Waals surface area contributed by atoms with Crippen molar-refractivity contribution in [3.8, 4) is 11.5 Å². The lowest BCUT2D eigenvalue weighted by molar-refractivity contribution is -0.119. The summed E-state index contributed by atoms with van der Waals surface area (Å²) in [6.07, 6.45) is 0. The first kappa shape index (κ1) is 19.0. The minimum atomic E-state index is -0.766. The lowest BCUT2D eigenvalue weighted by atomic mass is 10.2. The van der Waals surface area contributed by atoms with Crippen molar-refractivity contribution in [2.45, 2.75) is 6.61 Å². The van der Waals surface area contributed by atoms with E-state index in [2.05, 4.69) is 5.32 Å². The van der Waals surface area contributed by atoms with Crippen molar-refractivity contribution in [2.75, 3.05) is 11.9 Å². The second-order valence-electron chi connectivity index (χ2n) is 5.94. The van der Waals surface area contributed by atoms with Crippen LogP contribution < -0.4 is 10.1 Å². The number of ether oxygens (including phenoxy) is 2. The topological polar surface area (TPSA) is 84.9 Å². The van der Waals surface area contributed by atoms with E-state index in [0.717, 1.165) is 5.56 Å². The molecular weight excluding hydrogens is 358 g/mol. The van der Waals surface area contributed by atoms with Crippen LogP contribution in [0.15, 0.2) is 78.9 Å². The second-order valence-corrected chi connectivity index (χ2v) is 5.94. The van der Waals surface area contributed by atoms with Crippen molar-refractivity contribution in [3.05, 3.63) is 90.0 Å². The third-order valence-corrected chi connectivity index (χ3v) is 3.84. The van der Waals surface area contributed by atoms with E-state index in [1.54, 1.807) is 36.4 Å². The van der Waals surface area contributed by atoms with Crippen LogP contribution in [-0.2, 0) is 16.1 Å². The molecule has 0 heterocycles. The van der Waals surface area contributed by atoms with Gasteiger partial charge in [-0.1, -0.05) is 42.5 Å². The summed E-state index contributed by atoms with van der Waals surface area (Å²) in [5, 5.41) is 12.2. The number of hydrogen-bond donors (Lipinski definition) is 2. The first-order chi connectivity index (χ1) is 13.6.